The second-order valence-electron chi connectivity index (χ2n) is 16.6. The van der Waals surface area contributed by atoms with Crippen molar-refractivity contribution >= 4 is 35.3 Å². The van der Waals surface area contributed by atoms with Gasteiger partial charge >= 0.3 is 57.8 Å². The number of hydrogen-bond acceptors (Lipinski definition) is 14. The summed E-state index contributed by atoms with van der Waals surface area (Å²) < 4.78 is 30.7. The summed E-state index contributed by atoms with van der Waals surface area (Å²) in [5, 5.41) is 28.3. The van der Waals surface area contributed by atoms with E-state index in [9.17, 15) is 43.7 Å². The van der Waals surface area contributed by atoms with Crippen LogP contribution in [0.15, 0.2) is 54.6 Å². The van der Waals surface area contributed by atoms with Crippen LogP contribution in [-0.2, 0) is 44.3 Å². The first-order chi connectivity index (χ1) is 30.9. The number of likely N-dealkylation sites (tertiary alicyclic amines) is 1. The van der Waals surface area contributed by atoms with E-state index in [0.717, 1.165) is 25.3 Å². The molecule has 2 aromatic rings. The van der Waals surface area contributed by atoms with E-state index in [1.165, 1.54) is 24.3 Å². The molecule has 1 amide bonds. The zero-order valence-electron chi connectivity index (χ0n) is 38.1. The number of halogens is 1. The van der Waals surface area contributed by atoms with Crippen molar-refractivity contribution in [2.75, 3.05) is 156 Å². The number of carbonyl (C=O) groups is 5. The van der Waals surface area contributed by atoms with E-state index in [1.54, 1.807) is 14.7 Å². The van der Waals surface area contributed by atoms with E-state index in [1.807, 2.05) is 35.2 Å². The largest absolute Gasteiger partial charge is 3.00 e. The molecule has 3 fully saturated rings. The average Bonchev–Trinajstić information content (AvgIpc) is 3.53. The summed E-state index contributed by atoms with van der Waals surface area (Å²) in [5.41, 5.74) is 0.872. The summed E-state index contributed by atoms with van der Waals surface area (Å²) in [7, 11) is 0. The van der Waals surface area contributed by atoms with Gasteiger partial charge in [0.25, 0.3) is 0 Å². The maximum absolute atomic E-state index is 14.1. The molecule has 0 unspecified atom stereocenters. The van der Waals surface area contributed by atoms with Gasteiger partial charge in [-0.15, -0.1) is 0 Å². The number of ketones is 1. The molecule has 0 bridgehead atoms. The Balaban J connectivity index is 0.00000514. The maximum atomic E-state index is 14.1. The molecular weight excluding hydrogens is 1020 g/mol. The van der Waals surface area contributed by atoms with Gasteiger partial charge in [0.1, 0.15) is 11.4 Å². The van der Waals surface area contributed by atoms with Gasteiger partial charge in [-0.1, -0.05) is 18.2 Å². The van der Waals surface area contributed by atoms with E-state index >= 15 is 0 Å². The fourth-order valence-corrected chi connectivity index (χ4v) is 8.52. The van der Waals surface area contributed by atoms with E-state index < -0.39 is 23.4 Å². The number of anilines is 1. The van der Waals surface area contributed by atoms with Crippen LogP contribution < -0.4 is 4.90 Å². The van der Waals surface area contributed by atoms with Crippen molar-refractivity contribution in [3.63, 3.8) is 0 Å². The number of Topliss-reactive ketones (excluding diaryl/α,β-unsaturated/α-hetero) is 1. The van der Waals surface area contributed by atoms with Gasteiger partial charge in [-0.2, -0.15) is 0 Å². The summed E-state index contributed by atoms with van der Waals surface area (Å²) in [5.74, 6) is -3.19. The van der Waals surface area contributed by atoms with Crippen LogP contribution in [0.25, 0.3) is 0 Å². The molecule has 20 nitrogen and oxygen atoms in total. The quantitative estimate of drug-likeness (QED) is 0.0987. The molecule has 0 aliphatic carbocycles. The van der Waals surface area contributed by atoms with Gasteiger partial charge < -0.3 is 55.2 Å². The maximum Gasteiger partial charge on any atom is 3.00 e. The monoisotopic (exact) mass is 1090 g/mol. The molecule has 1 spiro atoms. The fourth-order valence-electron chi connectivity index (χ4n) is 8.52. The minimum Gasteiger partial charge on any atom is -2.00 e. The molecule has 375 valence electrons. The number of benzene rings is 2. The Morgan fingerprint density at radius 2 is 1.00 bits per heavy atom. The number of hydrogen-bond donors (Lipinski definition) is 3. The van der Waals surface area contributed by atoms with E-state index in [0.29, 0.717) is 143 Å². The van der Waals surface area contributed by atoms with Crippen molar-refractivity contribution in [3.05, 3.63) is 66.0 Å². The number of amides is 1. The number of para-hydroxylation sites is 1. The third-order valence-corrected chi connectivity index (χ3v) is 12.1. The van der Waals surface area contributed by atoms with Crippen LogP contribution in [0.3, 0.4) is 0 Å². The molecule has 5 rings (SSSR count). The Labute approximate surface area is 424 Å². The van der Waals surface area contributed by atoms with Gasteiger partial charge in [-0.05, 0) is 62.2 Å². The third kappa shape index (κ3) is 20.3. The fraction of sp³-hybridized carbons (Fsp3) is 0.622. The van der Waals surface area contributed by atoms with E-state index in [4.69, 9.17) is 14.2 Å². The number of rotatable bonds is 24. The molecule has 22 heteroatoms. The zero-order chi connectivity index (χ0) is 45.7. The number of piperidine rings is 1. The number of nitrogens with zero attached hydrogens (tertiary/aromatic N) is 7. The molecule has 3 aliphatic heterocycles. The van der Waals surface area contributed by atoms with Crippen LogP contribution in [0.2, 0.25) is 0 Å². The summed E-state index contributed by atoms with van der Waals surface area (Å²) in [6, 6.07) is 15.7. The second kappa shape index (κ2) is 31.7. The van der Waals surface area contributed by atoms with E-state index in [2.05, 4.69) is 14.7 Å². The number of aliphatic carboxylic acids is 3. The summed E-state index contributed by atoms with van der Waals surface area (Å²) in [6.07, 6.45) is 2.42. The third-order valence-electron chi connectivity index (χ3n) is 12.1. The Kier molecular flexibility index (Phi) is 28.3. The van der Waals surface area contributed by atoms with Crippen molar-refractivity contribution in [1.29, 1.82) is 0 Å². The Hall–Kier alpha value is -3.36. The number of carboxylic acids is 3. The van der Waals surface area contributed by atoms with Gasteiger partial charge in [0.2, 0.25) is 5.91 Å². The van der Waals surface area contributed by atoms with Crippen molar-refractivity contribution in [1.82, 2.24) is 29.4 Å². The standard InChI is InChI=1S/C45H66FN7O11.Gd.2O/c46-38-10-8-37(9-11-38)40(54)7-4-14-47-15-12-45(13-16-47)44(61)52(36-53(45)39-5-2-1-3-6-39)26-28-63-30-32-64-31-29-62-27-25-48-17-19-49(33-41(55)56)21-23-51(35-43(59)60)24-22-50(20-18-48)34-42(57)58;;;/h1-3,5-6,8-11H,4,7,12-36H2,(H,55,56)(H,57,58)(H,59,60);;;/q;+3;2*-2. The minimum absolute atomic E-state index is 0. The van der Waals surface area contributed by atoms with Crippen LogP contribution in [0.1, 0.15) is 36.0 Å². The molecule has 3 N–H and O–H groups in total. The van der Waals surface area contributed by atoms with Gasteiger partial charge in [-0.25, -0.2) is 4.39 Å². The number of carbonyl (C=O) groups excluding carboxylic acids is 2. The van der Waals surface area contributed by atoms with Crippen LogP contribution in [0.4, 0.5) is 10.1 Å². The minimum atomic E-state index is -0.997. The number of carboxylic acid groups (broad SMARTS) is 3. The molecule has 0 atom stereocenters. The van der Waals surface area contributed by atoms with Gasteiger partial charge in [0.05, 0.1) is 65.9 Å². The predicted molar refractivity (Wildman–Crippen MR) is 236 cm³/mol. The van der Waals surface area contributed by atoms with Crippen molar-refractivity contribution in [2.24, 2.45) is 0 Å². The Morgan fingerprint density at radius 3 is 1.48 bits per heavy atom. The topological polar surface area (TPSA) is 253 Å². The summed E-state index contributed by atoms with van der Waals surface area (Å²) >= 11 is 0. The number of ether oxygens (including phenoxy) is 3. The summed E-state index contributed by atoms with van der Waals surface area (Å²) in [6.45, 7) is 8.70. The molecule has 2 aromatic carbocycles. The molecule has 0 aromatic heterocycles. The molecule has 3 saturated heterocycles. The second-order valence-corrected chi connectivity index (χ2v) is 16.6. The van der Waals surface area contributed by atoms with Crippen LogP contribution >= 0.6 is 0 Å². The zero-order valence-corrected chi connectivity index (χ0v) is 40.3. The smallest absolute Gasteiger partial charge is 2.00 e. The molecule has 0 saturated carbocycles. The normalized spacial score (nSPS) is 18.0. The Bertz CT molecular complexity index is 1750. The SMILES string of the molecule is O=C(O)CN1CCN(CCOCCOCCOCCN2CN(c3ccccc3)C3(CCN(CCCC(=O)c4ccc(F)cc4)CC3)C2=O)CCN(CC(=O)O)CCN(CC(=O)O)CC1.[Gd+3].[O-2].[O-2]. The molecule has 67 heavy (non-hydrogen) atoms. The van der Waals surface area contributed by atoms with E-state index in [-0.39, 0.29) is 88.0 Å². The van der Waals surface area contributed by atoms with Crippen molar-refractivity contribution in [3.8, 4) is 0 Å². The molecule has 3 aliphatic rings. The predicted octanol–water partition coefficient (Wildman–Crippen LogP) is 1.22. The molecule has 1 radical (unpaired) electrons. The van der Waals surface area contributed by atoms with Gasteiger partial charge in [0, 0.05) is 96.2 Å². The van der Waals surface area contributed by atoms with Gasteiger partial charge in [0.15, 0.2) is 5.78 Å². The van der Waals surface area contributed by atoms with Crippen molar-refractivity contribution in [2.45, 2.75) is 31.2 Å². The first-order valence-corrected chi connectivity index (χ1v) is 22.3. The molecule has 3 heterocycles. The van der Waals surface area contributed by atoms with Crippen molar-refractivity contribution < 1.29 is 109 Å². The average molecular weight is 1090 g/mol. The van der Waals surface area contributed by atoms with Crippen LogP contribution in [-0.4, -0.2) is 231 Å². The Morgan fingerprint density at radius 1 is 0.567 bits per heavy atom. The summed E-state index contributed by atoms with van der Waals surface area (Å²) in [4.78, 5) is 75.1. The van der Waals surface area contributed by atoms with Crippen LogP contribution in [0, 0.1) is 45.8 Å². The molecular formula is C45H66FGdN7O13-. The first-order valence-electron chi connectivity index (χ1n) is 22.3. The first kappa shape index (κ1) is 59.8. The van der Waals surface area contributed by atoms with Crippen LogP contribution in [0.5, 0.6) is 0 Å². The van der Waals surface area contributed by atoms with Gasteiger partial charge in [-0.3, -0.25) is 43.6 Å².